The lowest BCUT2D eigenvalue weighted by Gasteiger charge is -2.22. The summed E-state index contributed by atoms with van der Waals surface area (Å²) in [5.41, 5.74) is 1.48. The minimum absolute atomic E-state index is 0.0525. The van der Waals surface area contributed by atoms with E-state index in [4.69, 9.17) is 11.6 Å². The van der Waals surface area contributed by atoms with Crippen molar-refractivity contribution in [1.82, 2.24) is 5.32 Å². The number of aryl methyl sites for hydroxylation is 1. The average Bonchev–Trinajstić information content (AvgIpc) is 2.58. The topological polar surface area (TPSA) is 101 Å². The summed E-state index contributed by atoms with van der Waals surface area (Å²) >= 11 is 5.99. The minimum Gasteiger partial charge on any atom is -0.340 e. The molecule has 8 heteroatoms. The summed E-state index contributed by atoms with van der Waals surface area (Å²) in [4.78, 5) is 35.3. The molecule has 0 aliphatic carbocycles. The molecule has 0 aliphatic heterocycles. The fourth-order valence-corrected chi connectivity index (χ4v) is 2.76. The van der Waals surface area contributed by atoms with E-state index in [9.17, 15) is 19.7 Å². The first-order valence-electron chi connectivity index (χ1n) is 8.31. The standard InChI is InChI=1S/C19H20ClN3O4/c1-11(2)17(19(25)21-13-6-4-5-12(3)9-13)22-18(24)15-8-7-14(23(26)27)10-16(15)20/h4-11,17H,1-3H3,(H,21,25)(H,22,24). The molecule has 0 bridgehead atoms. The first-order valence-corrected chi connectivity index (χ1v) is 8.69. The predicted octanol–water partition coefficient (Wildman–Crippen LogP) is 3.95. The van der Waals surface area contributed by atoms with Crippen molar-refractivity contribution < 1.29 is 14.5 Å². The highest BCUT2D eigenvalue weighted by molar-refractivity contribution is 6.34. The van der Waals surface area contributed by atoms with Crippen molar-refractivity contribution in [3.05, 3.63) is 68.7 Å². The fraction of sp³-hybridized carbons (Fsp3) is 0.263. The number of rotatable bonds is 6. The Labute approximate surface area is 161 Å². The maximum absolute atomic E-state index is 12.6. The molecule has 142 valence electrons. The smallest absolute Gasteiger partial charge is 0.270 e. The van der Waals surface area contributed by atoms with E-state index in [1.54, 1.807) is 19.9 Å². The fourth-order valence-electron chi connectivity index (χ4n) is 2.50. The monoisotopic (exact) mass is 389 g/mol. The van der Waals surface area contributed by atoms with Gasteiger partial charge in [-0.05, 0) is 36.6 Å². The molecule has 7 nitrogen and oxygen atoms in total. The number of anilines is 1. The minimum atomic E-state index is -0.802. The molecule has 2 rings (SSSR count). The van der Waals surface area contributed by atoms with Crippen molar-refractivity contribution >= 4 is 34.8 Å². The maximum Gasteiger partial charge on any atom is 0.270 e. The highest BCUT2D eigenvalue weighted by Crippen LogP contribution is 2.23. The van der Waals surface area contributed by atoms with Crippen molar-refractivity contribution in [3.8, 4) is 0 Å². The van der Waals surface area contributed by atoms with E-state index in [2.05, 4.69) is 10.6 Å². The van der Waals surface area contributed by atoms with Crippen LogP contribution in [-0.2, 0) is 4.79 Å². The molecule has 0 aromatic heterocycles. The number of halogens is 1. The number of non-ortho nitro benzene ring substituents is 1. The molecule has 0 aliphatic rings. The van der Waals surface area contributed by atoms with Gasteiger partial charge in [0.2, 0.25) is 5.91 Å². The number of nitro groups is 1. The molecule has 0 fully saturated rings. The van der Waals surface area contributed by atoms with Crippen LogP contribution in [0.3, 0.4) is 0 Å². The highest BCUT2D eigenvalue weighted by atomic mass is 35.5. The summed E-state index contributed by atoms with van der Waals surface area (Å²) in [6.45, 7) is 5.52. The van der Waals surface area contributed by atoms with Gasteiger partial charge in [0, 0.05) is 17.8 Å². The van der Waals surface area contributed by atoms with E-state index in [1.807, 2.05) is 25.1 Å². The van der Waals surface area contributed by atoms with Crippen LogP contribution < -0.4 is 10.6 Å². The maximum atomic E-state index is 12.6. The van der Waals surface area contributed by atoms with Gasteiger partial charge in [-0.15, -0.1) is 0 Å². The van der Waals surface area contributed by atoms with E-state index in [0.717, 1.165) is 11.6 Å². The quantitative estimate of drug-likeness (QED) is 0.576. The Morgan fingerprint density at radius 1 is 1.15 bits per heavy atom. The van der Waals surface area contributed by atoms with Crippen LogP contribution in [0.25, 0.3) is 0 Å². The van der Waals surface area contributed by atoms with Gasteiger partial charge >= 0.3 is 0 Å². The first kappa shape index (κ1) is 20.4. The normalized spacial score (nSPS) is 11.7. The van der Waals surface area contributed by atoms with Gasteiger partial charge in [-0.25, -0.2) is 0 Å². The number of carbonyl (C=O) groups excluding carboxylic acids is 2. The molecule has 1 unspecified atom stereocenters. The molecule has 2 N–H and O–H groups in total. The Morgan fingerprint density at radius 2 is 1.85 bits per heavy atom. The molecule has 2 amide bonds. The van der Waals surface area contributed by atoms with Gasteiger partial charge in [-0.3, -0.25) is 19.7 Å². The molecular formula is C19H20ClN3O4. The highest BCUT2D eigenvalue weighted by Gasteiger charge is 2.26. The van der Waals surface area contributed by atoms with Gasteiger partial charge in [0.1, 0.15) is 6.04 Å². The van der Waals surface area contributed by atoms with Crippen LogP contribution in [0.4, 0.5) is 11.4 Å². The molecule has 2 aromatic rings. The second-order valence-corrected chi connectivity index (χ2v) is 6.88. The number of benzene rings is 2. The Morgan fingerprint density at radius 3 is 2.41 bits per heavy atom. The van der Waals surface area contributed by atoms with E-state index in [0.29, 0.717) is 5.69 Å². The van der Waals surface area contributed by atoms with Crippen LogP contribution in [0.2, 0.25) is 5.02 Å². The number of nitro benzene ring substituents is 1. The lowest BCUT2D eigenvalue weighted by molar-refractivity contribution is -0.384. The number of hydrogen-bond donors (Lipinski definition) is 2. The third kappa shape index (κ3) is 5.27. The molecule has 0 spiro atoms. The number of nitrogens with one attached hydrogen (secondary N) is 2. The van der Waals surface area contributed by atoms with E-state index in [1.165, 1.54) is 12.1 Å². The molecule has 27 heavy (non-hydrogen) atoms. The van der Waals surface area contributed by atoms with Crippen LogP contribution in [0, 0.1) is 23.0 Å². The Balaban J connectivity index is 2.16. The average molecular weight is 390 g/mol. The third-order valence-corrected chi connectivity index (χ3v) is 4.24. The zero-order chi connectivity index (χ0) is 20.1. The molecule has 2 aromatic carbocycles. The van der Waals surface area contributed by atoms with Crippen LogP contribution in [0.5, 0.6) is 0 Å². The van der Waals surface area contributed by atoms with Crippen molar-refractivity contribution in [2.45, 2.75) is 26.8 Å². The Kier molecular flexibility index (Phi) is 6.52. The van der Waals surface area contributed by atoms with E-state index in [-0.39, 0.29) is 28.1 Å². The van der Waals surface area contributed by atoms with Gasteiger partial charge in [-0.2, -0.15) is 0 Å². The van der Waals surface area contributed by atoms with Crippen LogP contribution in [0.15, 0.2) is 42.5 Å². The summed E-state index contributed by atoms with van der Waals surface area (Å²) in [5.74, 6) is -1.12. The van der Waals surface area contributed by atoms with E-state index >= 15 is 0 Å². The second-order valence-electron chi connectivity index (χ2n) is 6.48. The van der Waals surface area contributed by atoms with Gasteiger partial charge < -0.3 is 10.6 Å². The van der Waals surface area contributed by atoms with E-state index < -0.39 is 16.9 Å². The number of carbonyl (C=O) groups is 2. The number of amides is 2. The molecule has 0 radical (unpaired) electrons. The third-order valence-electron chi connectivity index (χ3n) is 3.93. The van der Waals surface area contributed by atoms with Crippen molar-refractivity contribution in [3.63, 3.8) is 0 Å². The summed E-state index contributed by atoms with van der Waals surface area (Å²) < 4.78 is 0. The van der Waals surface area contributed by atoms with Gasteiger partial charge in [0.05, 0.1) is 15.5 Å². The molecule has 0 saturated heterocycles. The first-order chi connectivity index (χ1) is 12.7. The van der Waals surface area contributed by atoms with Crippen LogP contribution >= 0.6 is 11.6 Å². The summed E-state index contributed by atoms with van der Waals surface area (Å²) in [6.07, 6.45) is 0. The Hall–Kier alpha value is -2.93. The largest absolute Gasteiger partial charge is 0.340 e. The lowest BCUT2D eigenvalue weighted by Crippen LogP contribution is -2.47. The predicted molar refractivity (Wildman–Crippen MR) is 104 cm³/mol. The molecule has 0 saturated carbocycles. The van der Waals surface area contributed by atoms with Gasteiger partial charge in [-0.1, -0.05) is 37.6 Å². The van der Waals surface area contributed by atoms with Crippen molar-refractivity contribution in [2.75, 3.05) is 5.32 Å². The SMILES string of the molecule is Cc1cccc(NC(=O)C(NC(=O)c2ccc([N+](=O)[O-])cc2Cl)C(C)C)c1. The molecular weight excluding hydrogens is 370 g/mol. The lowest BCUT2D eigenvalue weighted by atomic mass is 10.0. The zero-order valence-electron chi connectivity index (χ0n) is 15.2. The Bertz CT molecular complexity index is 883. The van der Waals surface area contributed by atoms with Crippen molar-refractivity contribution in [2.24, 2.45) is 5.92 Å². The molecule has 0 heterocycles. The van der Waals surface area contributed by atoms with Gasteiger partial charge in [0.25, 0.3) is 11.6 Å². The zero-order valence-corrected chi connectivity index (χ0v) is 15.9. The molecule has 1 atom stereocenters. The summed E-state index contributed by atoms with van der Waals surface area (Å²) in [7, 11) is 0. The number of nitrogens with zero attached hydrogens (tertiary/aromatic N) is 1. The van der Waals surface area contributed by atoms with Crippen molar-refractivity contribution in [1.29, 1.82) is 0 Å². The summed E-state index contributed by atoms with van der Waals surface area (Å²) in [6, 6.07) is 10.1. The summed E-state index contributed by atoms with van der Waals surface area (Å²) in [5, 5.41) is 16.2. The van der Waals surface area contributed by atoms with Gasteiger partial charge in [0.15, 0.2) is 0 Å². The second kappa shape index (κ2) is 8.64. The number of hydrogen-bond acceptors (Lipinski definition) is 4. The van der Waals surface area contributed by atoms with Crippen LogP contribution in [-0.4, -0.2) is 22.8 Å². The van der Waals surface area contributed by atoms with Crippen LogP contribution in [0.1, 0.15) is 29.8 Å².